The van der Waals surface area contributed by atoms with Gasteiger partial charge >= 0.3 is 0 Å². The molecule has 6 nitrogen and oxygen atoms in total. The molecule has 2 N–H and O–H groups in total. The van der Waals surface area contributed by atoms with Gasteiger partial charge in [-0.1, -0.05) is 39.4 Å². The first kappa shape index (κ1) is 17.9. The van der Waals surface area contributed by atoms with E-state index >= 15 is 0 Å². The molecule has 1 amide bonds. The van der Waals surface area contributed by atoms with Gasteiger partial charge in [0.25, 0.3) is 5.91 Å². The van der Waals surface area contributed by atoms with Crippen molar-refractivity contribution in [1.29, 1.82) is 0 Å². The number of nitrogens with zero attached hydrogens (tertiary/aromatic N) is 3. The van der Waals surface area contributed by atoms with Crippen molar-refractivity contribution in [3.63, 3.8) is 0 Å². The standard InChI is InChI=1S/C18H11BrN4O2S2/c19-12-5-1-10(2-6-12)9-14-15(25)20-17(26-14)21-18-23-22-16(27-18)11-3-7-13(24)8-4-11/h1-9,24H,(H,20,21,23,25)/b14-9-. The Morgan fingerprint density at radius 3 is 2.56 bits per heavy atom. The highest BCUT2D eigenvalue weighted by molar-refractivity contribution is 9.10. The lowest BCUT2D eigenvalue weighted by Crippen LogP contribution is -2.19. The Hall–Kier alpha value is -2.49. The SMILES string of the molecule is O=C1N/C(=N\c2nnc(-c3ccc(O)cc3)s2)S/C1=C\c1ccc(Br)cc1. The number of benzene rings is 2. The first-order valence-electron chi connectivity index (χ1n) is 7.75. The van der Waals surface area contributed by atoms with Gasteiger partial charge in [0.15, 0.2) is 5.17 Å². The summed E-state index contributed by atoms with van der Waals surface area (Å²) in [4.78, 5) is 17.1. The molecule has 2 aromatic carbocycles. The molecule has 0 radical (unpaired) electrons. The number of hydrogen-bond acceptors (Lipinski definition) is 7. The fraction of sp³-hybridized carbons (Fsp3) is 0. The number of halogens is 1. The molecule has 1 aliphatic rings. The zero-order valence-corrected chi connectivity index (χ0v) is 16.8. The number of thioether (sulfide) groups is 1. The lowest BCUT2D eigenvalue weighted by molar-refractivity contribution is -0.115. The second kappa shape index (κ2) is 7.63. The van der Waals surface area contributed by atoms with E-state index in [-0.39, 0.29) is 11.7 Å². The van der Waals surface area contributed by atoms with Gasteiger partial charge in [-0.3, -0.25) is 4.79 Å². The number of amides is 1. The molecule has 4 rings (SSSR count). The van der Waals surface area contributed by atoms with Crippen LogP contribution in [0.5, 0.6) is 5.75 Å². The van der Waals surface area contributed by atoms with E-state index in [0.29, 0.717) is 20.2 Å². The van der Waals surface area contributed by atoms with Crippen LogP contribution in [0.25, 0.3) is 16.6 Å². The Morgan fingerprint density at radius 2 is 1.81 bits per heavy atom. The van der Waals surface area contributed by atoms with E-state index < -0.39 is 0 Å². The Kier molecular flexibility index (Phi) is 5.06. The van der Waals surface area contributed by atoms with Crippen LogP contribution in [0, 0.1) is 0 Å². The molecule has 0 atom stereocenters. The van der Waals surface area contributed by atoms with E-state index in [0.717, 1.165) is 15.6 Å². The summed E-state index contributed by atoms with van der Waals surface area (Å²) in [5.74, 6) is 0.00355. The molecular weight excluding hydrogens is 448 g/mol. The third kappa shape index (κ3) is 4.26. The monoisotopic (exact) mass is 458 g/mol. The quantitative estimate of drug-likeness (QED) is 0.561. The zero-order chi connectivity index (χ0) is 18.8. The number of aromatic hydroxyl groups is 1. The van der Waals surface area contributed by atoms with Crippen molar-refractivity contribution in [3.8, 4) is 16.3 Å². The molecule has 1 saturated heterocycles. The van der Waals surface area contributed by atoms with Crippen molar-refractivity contribution in [3.05, 3.63) is 63.5 Å². The van der Waals surface area contributed by atoms with Gasteiger partial charge in [0, 0.05) is 10.0 Å². The summed E-state index contributed by atoms with van der Waals surface area (Å²) in [7, 11) is 0. The third-order valence-electron chi connectivity index (χ3n) is 3.54. The fourth-order valence-electron chi connectivity index (χ4n) is 2.26. The van der Waals surface area contributed by atoms with Crippen molar-refractivity contribution in [2.75, 3.05) is 0 Å². The van der Waals surface area contributed by atoms with Crippen molar-refractivity contribution < 1.29 is 9.90 Å². The highest BCUT2D eigenvalue weighted by Crippen LogP contribution is 2.32. The van der Waals surface area contributed by atoms with Crippen LogP contribution in [0.4, 0.5) is 5.13 Å². The van der Waals surface area contributed by atoms with Crippen molar-refractivity contribution in [2.24, 2.45) is 4.99 Å². The minimum absolute atomic E-state index is 0.190. The smallest absolute Gasteiger partial charge is 0.264 e. The second-order valence-corrected chi connectivity index (χ2v) is 8.37. The molecule has 3 aromatic rings. The number of nitrogens with one attached hydrogen (secondary N) is 1. The van der Waals surface area contributed by atoms with Gasteiger partial charge in [-0.15, -0.1) is 10.2 Å². The number of phenols is 1. The average Bonchev–Trinajstić information content (AvgIpc) is 3.25. The number of carbonyl (C=O) groups is 1. The van der Waals surface area contributed by atoms with Crippen LogP contribution in [0.2, 0.25) is 0 Å². The summed E-state index contributed by atoms with van der Waals surface area (Å²) in [6.45, 7) is 0. The largest absolute Gasteiger partial charge is 0.508 e. The van der Waals surface area contributed by atoms with Gasteiger partial charge in [0.1, 0.15) is 10.8 Å². The Labute approximate surface area is 171 Å². The van der Waals surface area contributed by atoms with E-state index in [9.17, 15) is 9.90 Å². The van der Waals surface area contributed by atoms with Crippen LogP contribution in [0.3, 0.4) is 0 Å². The normalized spacial score (nSPS) is 16.9. The van der Waals surface area contributed by atoms with E-state index in [1.165, 1.54) is 23.1 Å². The molecule has 0 unspecified atom stereocenters. The van der Waals surface area contributed by atoms with Crippen molar-refractivity contribution in [2.45, 2.75) is 0 Å². The highest BCUT2D eigenvalue weighted by Gasteiger charge is 2.24. The zero-order valence-electron chi connectivity index (χ0n) is 13.6. The maximum absolute atomic E-state index is 12.2. The number of amidine groups is 1. The topological polar surface area (TPSA) is 87.5 Å². The number of rotatable bonds is 3. The van der Waals surface area contributed by atoms with E-state index in [4.69, 9.17) is 0 Å². The number of phenolic OH excluding ortho intramolecular Hbond substituents is 1. The molecule has 134 valence electrons. The van der Waals surface area contributed by atoms with Crippen molar-refractivity contribution >= 4 is 61.3 Å². The molecular formula is C18H11BrN4O2S2. The van der Waals surface area contributed by atoms with Gasteiger partial charge in [0.05, 0.1) is 4.91 Å². The average molecular weight is 459 g/mol. The van der Waals surface area contributed by atoms with Gasteiger partial charge < -0.3 is 10.4 Å². The number of hydrogen-bond donors (Lipinski definition) is 2. The first-order chi connectivity index (χ1) is 13.1. The van der Waals surface area contributed by atoms with Gasteiger partial charge in [-0.05, 0) is 59.8 Å². The minimum atomic E-state index is -0.190. The Balaban J connectivity index is 1.53. The summed E-state index contributed by atoms with van der Waals surface area (Å²) in [5, 5.41) is 21.9. The van der Waals surface area contributed by atoms with Gasteiger partial charge in [-0.25, -0.2) is 0 Å². The maximum atomic E-state index is 12.2. The predicted octanol–water partition coefficient (Wildman–Crippen LogP) is 4.56. The molecule has 0 bridgehead atoms. The Morgan fingerprint density at radius 1 is 1.07 bits per heavy atom. The lowest BCUT2D eigenvalue weighted by atomic mass is 10.2. The first-order valence-corrected chi connectivity index (χ1v) is 10.2. The molecule has 1 fully saturated rings. The summed E-state index contributed by atoms with van der Waals surface area (Å²) in [5.41, 5.74) is 1.78. The molecule has 27 heavy (non-hydrogen) atoms. The highest BCUT2D eigenvalue weighted by atomic mass is 79.9. The number of aromatic nitrogens is 2. The van der Waals surface area contributed by atoms with Gasteiger partial charge in [-0.2, -0.15) is 4.99 Å². The molecule has 1 aromatic heterocycles. The molecule has 1 aliphatic heterocycles. The lowest BCUT2D eigenvalue weighted by Gasteiger charge is -1.95. The fourth-order valence-corrected chi connectivity index (χ4v) is 4.13. The van der Waals surface area contributed by atoms with Crippen molar-refractivity contribution in [1.82, 2.24) is 15.5 Å². The Bertz CT molecular complexity index is 1060. The van der Waals surface area contributed by atoms with Crippen LogP contribution in [0.15, 0.2) is 62.9 Å². The summed E-state index contributed by atoms with van der Waals surface area (Å²) in [6, 6.07) is 14.4. The second-order valence-electron chi connectivity index (χ2n) is 5.47. The third-order valence-corrected chi connectivity index (χ3v) is 5.85. The van der Waals surface area contributed by atoms with Crippen LogP contribution < -0.4 is 5.32 Å². The van der Waals surface area contributed by atoms with E-state index in [1.54, 1.807) is 24.3 Å². The molecule has 9 heteroatoms. The van der Waals surface area contributed by atoms with E-state index in [2.05, 4.69) is 36.4 Å². The minimum Gasteiger partial charge on any atom is -0.508 e. The molecule has 2 heterocycles. The molecule has 0 spiro atoms. The maximum Gasteiger partial charge on any atom is 0.264 e. The van der Waals surface area contributed by atoms with Crippen LogP contribution >= 0.6 is 39.0 Å². The molecule has 0 aliphatic carbocycles. The number of aliphatic imine (C=N–C) groups is 1. The number of carbonyl (C=O) groups excluding carboxylic acids is 1. The van der Waals surface area contributed by atoms with E-state index in [1.807, 2.05) is 30.3 Å². The van der Waals surface area contributed by atoms with Gasteiger partial charge in [0.2, 0.25) is 5.13 Å². The summed E-state index contributed by atoms with van der Waals surface area (Å²) >= 11 is 5.96. The summed E-state index contributed by atoms with van der Waals surface area (Å²) in [6.07, 6.45) is 1.82. The van der Waals surface area contributed by atoms with Crippen LogP contribution in [-0.4, -0.2) is 26.4 Å². The van der Waals surface area contributed by atoms with Crippen LogP contribution in [-0.2, 0) is 4.79 Å². The summed E-state index contributed by atoms with van der Waals surface area (Å²) < 4.78 is 0.983. The van der Waals surface area contributed by atoms with Crippen LogP contribution in [0.1, 0.15) is 5.56 Å². The molecule has 0 saturated carbocycles. The predicted molar refractivity (Wildman–Crippen MR) is 112 cm³/mol.